The monoisotopic (exact) mass is 401 g/mol. The Labute approximate surface area is 165 Å². The third-order valence-corrected chi connectivity index (χ3v) is 4.41. The molecule has 0 aromatic heterocycles. The van der Waals surface area contributed by atoms with E-state index in [1.54, 1.807) is 37.3 Å². The second-order valence-corrected chi connectivity index (χ2v) is 6.54. The van der Waals surface area contributed by atoms with Gasteiger partial charge in [0, 0.05) is 17.7 Å². The fraction of sp³-hybridized carbons (Fsp3) is 0.190. The van der Waals surface area contributed by atoms with Gasteiger partial charge in [0.25, 0.3) is 11.8 Å². The molecule has 0 saturated carbocycles. The zero-order valence-corrected chi connectivity index (χ0v) is 15.5. The number of nitrogens with one attached hydrogen (secondary N) is 1. The predicted octanol–water partition coefficient (Wildman–Crippen LogP) is 3.46. The molecule has 1 aliphatic rings. The van der Waals surface area contributed by atoms with Crippen LogP contribution in [0.3, 0.4) is 0 Å². The van der Waals surface area contributed by atoms with E-state index in [2.05, 4.69) is 11.6 Å². The summed E-state index contributed by atoms with van der Waals surface area (Å²) in [6, 6.07) is 14.1. The van der Waals surface area contributed by atoms with Gasteiger partial charge in [-0.1, -0.05) is 54.1 Å². The van der Waals surface area contributed by atoms with Gasteiger partial charge in [0.1, 0.15) is 5.84 Å². The Morgan fingerprint density at radius 2 is 1.90 bits per heavy atom. The predicted molar refractivity (Wildman–Crippen MR) is 102 cm³/mol. The smallest absolute Gasteiger partial charge is 0.312 e. The van der Waals surface area contributed by atoms with Gasteiger partial charge in [0.05, 0.1) is 0 Å². The number of halogens is 3. The van der Waals surface area contributed by atoms with Gasteiger partial charge >= 0.3 is 11.8 Å². The molecular formula is C21H18F3N3O2. The first-order valence-corrected chi connectivity index (χ1v) is 8.73. The summed E-state index contributed by atoms with van der Waals surface area (Å²) < 4.78 is 42.4. The molecule has 8 heteroatoms. The molecule has 2 aromatic carbocycles. The van der Waals surface area contributed by atoms with Crippen LogP contribution in [0.25, 0.3) is 0 Å². The summed E-state index contributed by atoms with van der Waals surface area (Å²) in [5, 5.41) is 1.84. The molecule has 0 aliphatic carbocycles. The number of benzene rings is 2. The van der Waals surface area contributed by atoms with Gasteiger partial charge in [-0.15, -0.1) is 6.58 Å². The van der Waals surface area contributed by atoms with E-state index >= 15 is 0 Å². The summed E-state index contributed by atoms with van der Waals surface area (Å²) in [6.07, 6.45) is -3.86. The number of hydrogen-bond acceptors (Lipinski definition) is 3. The van der Waals surface area contributed by atoms with Crippen LogP contribution in [0.1, 0.15) is 21.5 Å². The average molecular weight is 401 g/mol. The quantitative estimate of drug-likeness (QED) is 0.780. The Morgan fingerprint density at radius 3 is 2.48 bits per heavy atom. The first-order chi connectivity index (χ1) is 13.7. The van der Waals surface area contributed by atoms with Crippen LogP contribution < -0.4 is 5.32 Å². The summed E-state index contributed by atoms with van der Waals surface area (Å²) in [5.74, 6) is -2.61. The molecule has 5 nitrogen and oxygen atoms in total. The Bertz CT molecular complexity index is 986. The van der Waals surface area contributed by atoms with Crippen LogP contribution in [0.15, 0.2) is 72.2 Å². The highest BCUT2D eigenvalue weighted by atomic mass is 19.4. The lowest BCUT2D eigenvalue weighted by molar-refractivity contribution is -0.196. The van der Waals surface area contributed by atoms with Gasteiger partial charge in [-0.05, 0) is 19.1 Å². The highest BCUT2D eigenvalue weighted by molar-refractivity contribution is 6.16. The maximum Gasteiger partial charge on any atom is 0.442 e. The van der Waals surface area contributed by atoms with Gasteiger partial charge in [0.2, 0.25) is 0 Å². The fourth-order valence-corrected chi connectivity index (χ4v) is 3.02. The number of carbonyl (C=O) groups excluding carboxylic acids is 2. The van der Waals surface area contributed by atoms with Crippen molar-refractivity contribution in [2.24, 2.45) is 4.99 Å². The summed E-state index contributed by atoms with van der Waals surface area (Å²) in [5.41, 5.74) is -2.40. The molecule has 150 valence electrons. The minimum atomic E-state index is -5.15. The second-order valence-electron chi connectivity index (χ2n) is 6.54. The number of amidine groups is 1. The lowest BCUT2D eigenvalue weighted by Crippen LogP contribution is -2.63. The molecule has 0 unspecified atom stereocenters. The summed E-state index contributed by atoms with van der Waals surface area (Å²) in [6.45, 7) is 5.01. The third-order valence-electron chi connectivity index (χ3n) is 4.41. The number of alkyl halides is 3. The van der Waals surface area contributed by atoms with E-state index in [0.717, 1.165) is 4.90 Å². The van der Waals surface area contributed by atoms with Crippen LogP contribution in [-0.2, 0) is 4.79 Å². The largest absolute Gasteiger partial charge is 0.442 e. The first kappa shape index (κ1) is 20.3. The van der Waals surface area contributed by atoms with Crippen molar-refractivity contribution in [2.45, 2.75) is 18.8 Å². The number of aryl methyl sites for hydroxylation is 1. The van der Waals surface area contributed by atoms with Crippen molar-refractivity contribution in [1.29, 1.82) is 0 Å². The fourth-order valence-electron chi connectivity index (χ4n) is 3.02. The Balaban J connectivity index is 2.11. The van der Waals surface area contributed by atoms with Gasteiger partial charge in [0.15, 0.2) is 0 Å². The van der Waals surface area contributed by atoms with Gasteiger partial charge in [-0.3, -0.25) is 14.5 Å². The molecule has 1 N–H and O–H groups in total. The normalized spacial score (nSPS) is 19.1. The van der Waals surface area contributed by atoms with Crippen molar-refractivity contribution in [1.82, 2.24) is 10.2 Å². The van der Waals surface area contributed by atoms with E-state index in [-0.39, 0.29) is 17.9 Å². The Morgan fingerprint density at radius 1 is 1.21 bits per heavy atom. The highest BCUT2D eigenvalue weighted by Gasteiger charge is 2.67. The Kier molecular flexibility index (Phi) is 5.28. The SMILES string of the molecule is C=CCN1C(=O)[C@](NC(=O)c2cccc(C)c2)(C(F)(F)F)N=C1c1ccccc1. The number of hydrogen-bond donors (Lipinski definition) is 1. The zero-order chi connectivity index (χ0) is 21.2. The van der Waals surface area contributed by atoms with E-state index in [1.165, 1.54) is 30.3 Å². The maximum atomic E-state index is 14.1. The number of nitrogens with zero attached hydrogens (tertiary/aromatic N) is 2. The number of carbonyl (C=O) groups is 2. The number of aliphatic imine (C=N–C) groups is 1. The van der Waals surface area contributed by atoms with Gasteiger partial charge in [-0.25, -0.2) is 4.99 Å². The Hall–Kier alpha value is -3.42. The average Bonchev–Trinajstić information content (AvgIpc) is 2.96. The number of amides is 2. The van der Waals surface area contributed by atoms with E-state index in [1.807, 2.05) is 5.32 Å². The van der Waals surface area contributed by atoms with Crippen LogP contribution in [0.5, 0.6) is 0 Å². The molecule has 2 amide bonds. The van der Waals surface area contributed by atoms with E-state index in [9.17, 15) is 22.8 Å². The minimum absolute atomic E-state index is 0.0000526. The zero-order valence-electron chi connectivity index (χ0n) is 15.5. The molecule has 0 spiro atoms. The van der Waals surface area contributed by atoms with Crippen LogP contribution in [-0.4, -0.2) is 40.9 Å². The van der Waals surface area contributed by atoms with Gasteiger partial charge in [-0.2, -0.15) is 13.2 Å². The minimum Gasteiger partial charge on any atom is -0.312 e. The first-order valence-electron chi connectivity index (χ1n) is 8.73. The van der Waals surface area contributed by atoms with Crippen molar-refractivity contribution in [3.8, 4) is 0 Å². The maximum absolute atomic E-state index is 14.1. The van der Waals surface area contributed by atoms with Crippen LogP contribution in [0.2, 0.25) is 0 Å². The molecule has 0 saturated heterocycles. The van der Waals surface area contributed by atoms with Crippen molar-refractivity contribution in [3.05, 3.63) is 83.9 Å². The van der Waals surface area contributed by atoms with Crippen molar-refractivity contribution < 1.29 is 22.8 Å². The molecule has 0 radical (unpaired) electrons. The third kappa shape index (κ3) is 3.65. The van der Waals surface area contributed by atoms with Crippen molar-refractivity contribution in [2.75, 3.05) is 6.54 Å². The van der Waals surface area contributed by atoms with Crippen LogP contribution >= 0.6 is 0 Å². The van der Waals surface area contributed by atoms with E-state index in [0.29, 0.717) is 11.1 Å². The molecule has 0 bridgehead atoms. The summed E-state index contributed by atoms with van der Waals surface area (Å²) in [7, 11) is 0. The van der Waals surface area contributed by atoms with E-state index in [4.69, 9.17) is 0 Å². The lowest BCUT2D eigenvalue weighted by atomic mass is 10.1. The lowest BCUT2D eigenvalue weighted by Gasteiger charge is -2.29. The molecule has 3 rings (SSSR count). The van der Waals surface area contributed by atoms with Crippen LogP contribution in [0.4, 0.5) is 13.2 Å². The van der Waals surface area contributed by atoms with Crippen molar-refractivity contribution >= 4 is 17.6 Å². The topological polar surface area (TPSA) is 61.8 Å². The summed E-state index contributed by atoms with van der Waals surface area (Å²) in [4.78, 5) is 30.1. The van der Waals surface area contributed by atoms with Gasteiger partial charge < -0.3 is 5.32 Å². The second kappa shape index (κ2) is 7.54. The molecule has 1 atom stereocenters. The molecule has 1 heterocycles. The molecule has 29 heavy (non-hydrogen) atoms. The molecular weight excluding hydrogens is 383 g/mol. The van der Waals surface area contributed by atoms with E-state index < -0.39 is 23.7 Å². The molecule has 1 aliphatic heterocycles. The highest BCUT2D eigenvalue weighted by Crippen LogP contribution is 2.38. The molecule has 0 fully saturated rings. The number of rotatable bonds is 5. The van der Waals surface area contributed by atoms with Crippen molar-refractivity contribution in [3.63, 3.8) is 0 Å². The summed E-state index contributed by atoms with van der Waals surface area (Å²) >= 11 is 0. The standard InChI is InChI=1S/C21H18F3N3O2/c1-3-12-27-17(15-9-5-4-6-10-15)25-20(19(27)29,21(22,23)24)26-18(28)16-11-7-8-14(2)13-16/h3-11,13H,1,12H2,2H3,(H,26,28)/t20-/m0/s1. The van der Waals surface area contributed by atoms with Crippen LogP contribution in [0, 0.1) is 6.92 Å². The molecule has 2 aromatic rings.